The number of carbonyl (C=O) groups excluding carboxylic acids is 2. The number of carbonyl (C=O) groups is 2. The maximum absolute atomic E-state index is 13.3. The standard InChI is InChI=1S/C14H12FN3O2/c1-9-5-6-10(8-11(9)15)13(19)17-18-14(20)12-4-2-3-7-16-12/h2-8H,1H3,(H,17,19)(H,18,20). The van der Waals surface area contributed by atoms with Crippen LogP contribution in [0, 0.1) is 12.7 Å². The van der Waals surface area contributed by atoms with Crippen LogP contribution in [0.3, 0.4) is 0 Å². The highest BCUT2D eigenvalue weighted by atomic mass is 19.1. The van der Waals surface area contributed by atoms with Crippen molar-refractivity contribution in [1.82, 2.24) is 15.8 Å². The second kappa shape index (κ2) is 5.92. The molecule has 0 spiro atoms. The van der Waals surface area contributed by atoms with Gasteiger partial charge < -0.3 is 0 Å². The molecular weight excluding hydrogens is 261 g/mol. The van der Waals surface area contributed by atoms with Crippen LogP contribution in [0.15, 0.2) is 42.6 Å². The molecule has 2 aromatic rings. The molecule has 20 heavy (non-hydrogen) atoms. The van der Waals surface area contributed by atoms with Crippen LogP contribution in [0.4, 0.5) is 4.39 Å². The van der Waals surface area contributed by atoms with Gasteiger partial charge >= 0.3 is 0 Å². The zero-order chi connectivity index (χ0) is 14.5. The van der Waals surface area contributed by atoms with Gasteiger partial charge in [0.1, 0.15) is 11.5 Å². The number of aryl methyl sites for hydroxylation is 1. The number of halogens is 1. The number of amides is 2. The highest BCUT2D eigenvalue weighted by Crippen LogP contribution is 2.08. The monoisotopic (exact) mass is 273 g/mol. The van der Waals surface area contributed by atoms with Crippen LogP contribution in [0.25, 0.3) is 0 Å². The lowest BCUT2D eigenvalue weighted by Crippen LogP contribution is -2.41. The highest BCUT2D eigenvalue weighted by Gasteiger charge is 2.10. The molecule has 0 aliphatic heterocycles. The van der Waals surface area contributed by atoms with Crippen molar-refractivity contribution in [2.24, 2.45) is 0 Å². The van der Waals surface area contributed by atoms with Gasteiger partial charge in [-0.3, -0.25) is 25.4 Å². The summed E-state index contributed by atoms with van der Waals surface area (Å²) in [5, 5.41) is 0. The molecule has 2 amide bonds. The zero-order valence-corrected chi connectivity index (χ0v) is 10.7. The first-order valence-electron chi connectivity index (χ1n) is 5.86. The topological polar surface area (TPSA) is 71.1 Å². The Kier molecular flexibility index (Phi) is 4.05. The lowest BCUT2D eigenvalue weighted by molar-refractivity contribution is 0.0844. The molecule has 2 N–H and O–H groups in total. The number of aromatic nitrogens is 1. The van der Waals surface area contributed by atoms with Crippen molar-refractivity contribution in [1.29, 1.82) is 0 Å². The fourth-order valence-electron chi connectivity index (χ4n) is 1.48. The largest absolute Gasteiger partial charge is 0.288 e. The minimum absolute atomic E-state index is 0.120. The van der Waals surface area contributed by atoms with Crippen LogP contribution in [0.2, 0.25) is 0 Å². The minimum atomic E-state index is -0.604. The number of rotatable bonds is 2. The number of hydrazine groups is 1. The van der Waals surface area contributed by atoms with E-state index in [1.165, 1.54) is 24.4 Å². The fourth-order valence-corrected chi connectivity index (χ4v) is 1.48. The number of benzene rings is 1. The molecule has 1 heterocycles. The average Bonchev–Trinajstić information content (AvgIpc) is 2.48. The van der Waals surface area contributed by atoms with Gasteiger partial charge in [0.05, 0.1) is 0 Å². The maximum atomic E-state index is 13.3. The normalized spacial score (nSPS) is 9.90. The smallest absolute Gasteiger partial charge is 0.267 e. The van der Waals surface area contributed by atoms with Gasteiger partial charge in [0.15, 0.2) is 0 Å². The second-order valence-corrected chi connectivity index (χ2v) is 4.09. The van der Waals surface area contributed by atoms with Gasteiger partial charge in [-0.05, 0) is 36.8 Å². The first-order chi connectivity index (χ1) is 9.58. The Bertz CT molecular complexity index is 644. The number of nitrogens with zero attached hydrogens (tertiary/aromatic N) is 1. The molecular formula is C14H12FN3O2. The Morgan fingerprint density at radius 3 is 2.50 bits per heavy atom. The molecule has 6 heteroatoms. The van der Waals surface area contributed by atoms with Crippen molar-refractivity contribution < 1.29 is 14.0 Å². The molecule has 1 aromatic carbocycles. The third-order valence-electron chi connectivity index (χ3n) is 2.62. The van der Waals surface area contributed by atoms with E-state index < -0.39 is 17.6 Å². The zero-order valence-electron chi connectivity index (χ0n) is 10.7. The van der Waals surface area contributed by atoms with Gasteiger partial charge in [0.2, 0.25) is 0 Å². The summed E-state index contributed by atoms with van der Waals surface area (Å²) < 4.78 is 13.3. The summed E-state index contributed by atoms with van der Waals surface area (Å²) in [6, 6.07) is 8.90. The van der Waals surface area contributed by atoms with Crippen LogP contribution >= 0.6 is 0 Å². The van der Waals surface area contributed by atoms with Crippen molar-refractivity contribution in [3.63, 3.8) is 0 Å². The molecule has 0 atom stereocenters. The summed E-state index contributed by atoms with van der Waals surface area (Å²) in [7, 11) is 0. The van der Waals surface area contributed by atoms with E-state index in [1.807, 2.05) is 0 Å². The van der Waals surface area contributed by atoms with Gasteiger partial charge in [-0.15, -0.1) is 0 Å². The van der Waals surface area contributed by atoms with Gasteiger partial charge in [-0.1, -0.05) is 12.1 Å². The first kappa shape index (κ1) is 13.7. The van der Waals surface area contributed by atoms with Crippen LogP contribution in [0.5, 0.6) is 0 Å². The van der Waals surface area contributed by atoms with E-state index in [4.69, 9.17) is 0 Å². The van der Waals surface area contributed by atoms with E-state index in [2.05, 4.69) is 15.8 Å². The van der Waals surface area contributed by atoms with Crippen LogP contribution in [-0.2, 0) is 0 Å². The number of nitrogens with one attached hydrogen (secondary N) is 2. The molecule has 0 unspecified atom stereocenters. The average molecular weight is 273 g/mol. The van der Waals surface area contributed by atoms with Crippen molar-refractivity contribution in [3.05, 3.63) is 65.2 Å². The van der Waals surface area contributed by atoms with E-state index in [0.717, 1.165) is 6.07 Å². The third kappa shape index (κ3) is 3.17. The Morgan fingerprint density at radius 1 is 1.10 bits per heavy atom. The maximum Gasteiger partial charge on any atom is 0.288 e. The van der Waals surface area contributed by atoms with Crippen LogP contribution in [0.1, 0.15) is 26.4 Å². The van der Waals surface area contributed by atoms with E-state index in [0.29, 0.717) is 5.56 Å². The minimum Gasteiger partial charge on any atom is -0.267 e. The van der Waals surface area contributed by atoms with Gasteiger partial charge in [-0.2, -0.15) is 0 Å². The summed E-state index contributed by atoms with van der Waals surface area (Å²) in [5.41, 5.74) is 5.14. The summed E-state index contributed by atoms with van der Waals surface area (Å²) >= 11 is 0. The number of pyridine rings is 1. The molecule has 0 saturated heterocycles. The lowest BCUT2D eigenvalue weighted by atomic mass is 10.1. The third-order valence-corrected chi connectivity index (χ3v) is 2.62. The predicted molar refractivity (Wildman–Crippen MR) is 70.3 cm³/mol. The Hall–Kier alpha value is -2.76. The van der Waals surface area contributed by atoms with Crippen LogP contribution in [-0.4, -0.2) is 16.8 Å². The molecule has 0 aliphatic rings. The first-order valence-corrected chi connectivity index (χ1v) is 5.86. The molecule has 0 radical (unpaired) electrons. The van der Waals surface area contributed by atoms with Crippen LogP contribution < -0.4 is 10.9 Å². The van der Waals surface area contributed by atoms with E-state index >= 15 is 0 Å². The van der Waals surface area contributed by atoms with Crippen molar-refractivity contribution in [3.8, 4) is 0 Å². The van der Waals surface area contributed by atoms with Gasteiger partial charge in [-0.25, -0.2) is 4.39 Å². The van der Waals surface area contributed by atoms with E-state index in [9.17, 15) is 14.0 Å². The molecule has 0 bridgehead atoms. The van der Waals surface area contributed by atoms with E-state index in [-0.39, 0.29) is 11.3 Å². The molecule has 2 rings (SSSR count). The predicted octanol–water partition coefficient (Wildman–Crippen LogP) is 1.60. The molecule has 0 aliphatic carbocycles. The SMILES string of the molecule is Cc1ccc(C(=O)NNC(=O)c2ccccn2)cc1F. The summed E-state index contributed by atoms with van der Waals surface area (Å²) in [6.45, 7) is 1.60. The quantitative estimate of drug-likeness (QED) is 0.816. The second-order valence-electron chi connectivity index (χ2n) is 4.09. The Labute approximate surface area is 114 Å². The Balaban J connectivity index is 1.98. The summed E-state index contributed by atoms with van der Waals surface area (Å²) in [4.78, 5) is 27.2. The fraction of sp³-hybridized carbons (Fsp3) is 0.0714. The van der Waals surface area contributed by atoms with Crippen molar-refractivity contribution >= 4 is 11.8 Å². The Morgan fingerprint density at radius 2 is 1.85 bits per heavy atom. The van der Waals surface area contributed by atoms with E-state index in [1.54, 1.807) is 19.1 Å². The van der Waals surface area contributed by atoms with Gasteiger partial charge in [0, 0.05) is 11.8 Å². The number of hydrogen-bond acceptors (Lipinski definition) is 3. The molecule has 0 saturated carbocycles. The van der Waals surface area contributed by atoms with Crippen molar-refractivity contribution in [2.45, 2.75) is 6.92 Å². The lowest BCUT2D eigenvalue weighted by Gasteiger charge is -2.07. The molecule has 1 aromatic heterocycles. The highest BCUT2D eigenvalue weighted by molar-refractivity contribution is 5.98. The molecule has 102 valence electrons. The van der Waals surface area contributed by atoms with Gasteiger partial charge in [0.25, 0.3) is 11.8 Å². The van der Waals surface area contributed by atoms with Crippen molar-refractivity contribution in [2.75, 3.05) is 0 Å². The number of hydrogen-bond donors (Lipinski definition) is 2. The molecule has 0 fully saturated rings. The summed E-state index contributed by atoms with van der Waals surface area (Å²) in [6.07, 6.45) is 1.46. The molecule has 5 nitrogen and oxygen atoms in total. The summed E-state index contributed by atoms with van der Waals surface area (Å²) in [5.74, 6) is -1.63.